The van der Waals surface area contributed by atoms with Crippen LogP contribution >= 0.6 is 12.4 Å². The van der Waals surface area contributed by atoms with Crippen molar-refractivity contribution in [3.05, 3.63) is 54.1 Å². The molecule has 0 radical (unpaired) electrons. The molecule has 140 valence electrons. The minimum atomic E-state index is -0.285. The number of hydrogen-bond donors (Lipinski definition) is 2. The first-order chi connectivity index (χ1) is 12.2. The molecule has 3 rings (SSSR count). The second-order valence-corrected chi connectivity index (χ2v) is 6.15. The third-order valence-corrected chi connectivity index (χ3v) is 4.44. The summed E-state index contributed by atoms with van der Waals surface area (Å²) in [4.78, 5) is 12.3. The molecule has 2 N–H and O–H groups in total. The average molecular weight is 377 g/mol. The summed E-state index contributed by atoms with van der Waals surface area (Å²) in [6.45, 7) is 3.78. The number of carbonyl (C=O) groups is 1. The molecule has 26 heavy (non-hydrogen) atoms. The smallest absolute Gasteiger partial charge is 0.240 e. The van der Waals surface area contributed by atoms with Crippen LogP contribution in [0.5, 0.6) is 5.75 Å². The SMILES string of the molecule is COc1ccc(-c2ccc(CNC(=O)[C@H]3NCCO[C@@H]3C)cc2)cc1.Cl. The zero-order valence-electron chi connectivity index (χ0n) is 15.0. The number of amides is 1. The number of morpholine rings is 1. The van der Waals surface area contributed by atoms with E-state index in [-0.39, 0.29) is 30.5 Å². The van der Waals surface area contributed by atoms with Gasteiger partial charge in [0, 0.05) is 13.1 Å². The van der Waals surface area contributed by atoms with Gasteiger partial charge < -0.3 is 20.1 Å². The predicted octanol–water partition coefficient (Wildman–Crippen LogP) is 2.78. The summed E-state index contributed by atoms with van der Waals surface area (Å²) in [7, 11) is 1.66. The highest BCUT2D eigenvalue weighted by Gasteiger charge is 2.27. The lowest BCUT2D eigenvalue weighted by Gasteiger charge is -2.29. The second kappa shape index (κ2) is 9.57. The summed E-state index contributed by atoms with van der Waals surface area (Å²) >= 11 is 0. The van der Waals surface area contributed by atoms with Gasteiger partial charge in [0.2, 0.25) is 5.91 Å². The maximum absolute atomic E-state index is 12.3. The maximum atomic E-state index is 12.3. The van der Waals surface area contributed by atoms with Crippen molar-refractivity contribution in [1.82, 2.24) is 10.6 Å². The van der Waals surface area contributed by atoms with Crippen LogP contribution in [0.3, 0.4) is 0 Å². The van der Waals surface area contributed by atoms with E-state index < -0.39 is 0 Å². The van der Waals surface area contributed by atoms with Gasteiger partial charge in [0.05, 0.1) is 19.8 Å². The van der Waals surface area contributed by atoms with E-state index in [1.165, 1.54) is 0 Å². The molecule has 0 saturated carbocycles. The molecule has 1 fully saturated rings. The van der Waals surface area contributed by atoms with Crippen molar-refractivity contribution in [2.75, 3.05) is 20.3 Å². The summed E-state index contributed by atoms with van der Waals surface area (Å²) in [6, 6.07) is 15.9. The average Bonchev–Trinajstić information content (AvgIpc) is 2.67. The van der Waals surface area contributed by atoms with Crippen LogP contribution in [0.25, 0.3) is 11.1 Å². The summed E-state index contributed by atoms with van der Waals surface area (Å²) in [5.41, 5.74) is 3.33. The number of nitrogens with one attached hydrogen (secondary N) is 2. The summed E-state index contributed by atoms with van der Waals surface area (Å²) in [5, 5.41) is 6.17. The van der Waals surface area contributed by atoms with E-state index in [0.717, 1.165) is 22.4 Å². The van der Waals surface area contributed by atoms with Crippen molar-refractivity contribution in [3.63, 3.8) is 0 Å². The maximum Gasteiger partial charge on any atom is 0.240 e. The molecule has 5 nitrogen and oxygen atoms in total. The summed E-state index contributed by atoms with van der Waals surface area (Å²) < 4.78 is 10.7. The van der Waals surface area contributed by atoms with E-state index in [0.29, 0.717) is 19.7 Å². The summed E-state index contributed by atoms with van der Waals surface area (Å²) in [6.07, 6.45) is -0.105. The molecular weight excluding hydrogens is 352 g/mol. The lowest BCUT2D eigenvalue weighted by atomic mass is 10.0. The Kier molecular flexibility index (Phi) is 7.45. The Balaban J connectivity index is 0.00000243. The molecule has 0 spiro atoms. The number of halogens is 1. The Labute approximate surface area is 160 Å². The fourth-order valence-electron chi connectivity index (χ4n) is 2.92. The normalized spacial score (nSPS) is 19.3. The van der Waals surface area contributed by atoms with Crippen molar-refractivity contribution in [2.45, 2.75) is 25.6 Å². The van der Waals surface area contributed by atoms with Crippen molar-refractivity contribution < 1.29 is 14.3 Å². The zero-order chi connectivity index (χ0) is 17.6. The van der Waals surface area contributed by atoms with Crippen LogP contribution in [-0.2, 0) is 16.1 Å². The highest BCUT2D eigenvalue weighted by atomic mass is 35.5. The van der Waals surface area contributed by atoms with E-state index in [4.69, 9.17) is 9.47 Å². The van der Waals surface area contributed by atoms with Gasteiger partial charge in [-0.15, -0.1) is 12.4 Å². The molecular formula is C20H25ClN2O3. The van der Waals surface area contributed by atoms with Crippen molar-refractivity contribution in [3.8, 4) is 16.9 Å². The van der Waals surface area contributed by atoms with Crippen LogP contribution in [0, 0.1) is 0 Å². The van der Waals surface area contributed by atoms with Crippen LogP contribution in [0.4, 0.5) is 0 Å². The number of rotatable bonds is 5. The Morgan fingerprint density at radius 3 is 2.35 bits per heavy atom. The zero-order valence-corrected chi connectivity index (χ0v) is 15.8. The first kappa shape index (κ1) is 20.2. The van der Waals surface area contributed by atoms with Gasteiger partial charge in [0.15, 0.2) is 0 Å². The Morgan fingerprint density at radius 1 is 1.15 bits per heavy atom. The molecule has 0 unspecified atom stereocenters. The molecule has 2 aromatic rings. The molecule has 1 amide bonds. The Hall–Kier alpha value is -2.08. The molecule has 0 aliphatic carbocycles. The number of ether oxygens (including phenoxy) is 2. The molecule has 0 aromatic heterocycles. The Bertz CT molecular complexity index is 704. The minimum absolute atomic E-state index is 0. The van der Waals surface area contributed by atoms with E-state index >= 15 is 0 Å². The van der Waals surface area contributed by atoms with E-state index in [1.807, 2.05) is 43.3 Å². The molecule has 6 heteroatoms. The van der Waals surface area contributed by atoms with Gasteiger partial charge in [0.1, 0.15) is 11.8 Å². The van der Waals surface area contributed by atoms with Crippen LogP contribution in [0.2, 0.25) is 0 Å². The number of hydrogen-bond acceptors (Lipinski definition) is 4. The lowest BCUT2D eigenvalue weighted by molar-refractivity contribution is -0.129. The first-order valence-electron chi connectivity index (χ1n) is 8.53. The number of benzene rings is 2. The Morgan fingerprint density at radius 2 is 1.77 bits per heavy atom. The third kappa shape index (κ3) is 4.97. The molecule has 0 bridgehead atoms. The highest BCUT2D eigenvalue weighted by molar-refractivity contribution is 5.85. The van der Waals surface area contributed by atoms with Gasteiger partial charge in [-0.05, 0) is 35.7 Å². The lowest BCUT2D eigenvalue weighted by Crippen LogP contribution is -2.55. The molecule has 1 aliphatic rings. The largest absolute Gasteiger partial charge is 0.497 e. The van der Waals surface area contributed by atoms with Gasteiger partial charge in [-0.25, -0.2) is 0 Å². The van der Waals surface area contributed by atoms with E-state index in [2.05, 4.69) is 22.8 Å². The predicted molar refractivity (Wildman–Crippen MR) is 105 cm³/mol. The minimum Gasteiger partial charge on any atom is -0.497 e. The standard InChI is InChI=1S/C20H24N2O3.ClH/c1-14-19(21-11-12-25-14)20(23)22-13-15-3-5-16(6-4-15)17-7-9-18(24-2)10-8-17;/h3-10,14,19,21H,11-13H2,1-2H3,(H,22,23);1H/t14-,19+;/m1./s1. The monoisotopic (exact) mass is 376 g/mol. The molecule has 1 heterocycles. The van der Waals surface area contributed by atoms with Gasteiger partial charge in [-0.3, -0.25) is 4.79 Å². The van der Waals surface area contributed by atoms with Crippen molar-refractivity contribution in [2.24, 2.45) is 0 Å². The quantitative estimate of drug-likeness (QED) is 0.842. The van der Waals surface area contributed by atoms with Crippen LogP contribution in [0.1, 0.15) is 12.5 Å². The van der Waals surface area contributed by atoms with Gasteiger partial charge in [0.25, 0.3) is 0 Å². The fourth-order valence-corrected chi connectivity index (χ4v) is 2.92. The second-order valence-electron chi connectivity index (χ2n) is 6.15. The van der Waals surface area contributed by atoms with Crippen LogP contribution in [0.15, 0.2) is 48.5 Å². The van der Waals surface area contributed by atoms with Gasteiger partial charge in [-0.2, -0.15) is 0 Å². The van der Waals surface area contributed by atoms with Crippen LogP contribution < -0.4 is 15.4 Å². The van der Waals surface area contributed by atoms with Crippen molar-refractivity contribution in [1.29, 1.82) is 0 Å². The third-order valence-electron chi connectivity index (χ3n) is 4.44. The highest BCUT2D eigenvalue weighted by Crippen LogP contribution is 2.22. The topological polar surface area (TPSA) is 59.6 Å². The van der Waals surface area contributed by atoms with Crippen LogP contribution in [-0.4, -0.2) is 38.3 Å². The number of carbonyl (C=O) groups excluding carboxylic acids is 1. The summed E-state index contributed by atoms with van der Waals surface area (Å²) in [5.74, 6) is 0.823. The fraction of sp³-hybridized carbons (Fsp3) is 0.350. The van der Waals surface area contributed by atoms with Crippen molar-refractivity contribution >= 4 is 18.3 Å². The van der Waals surface area contributed by atoms with Gasteiger partial charge in [-0.1, -0.05) is 36.4 Å². The molecule has 1 aliphatic heterocycles. The molecule has 2 atom stereocenters. The first-order valence-corrected chi connectivity index (χ1v) is 8.53. The van der Waals surface area contributed by atoms with Gasteiger partial charge >= 0.3 is 0 Å². The molecule has 1 saturated heterocycles. The molecule has 2 aromatic carbocycles. The van der Waals surface area contributed by atoms with E-state index in [9.17, 15) is 4.79 Å². The number of methoxy groups -OCH3 is 1. The van der Waals surface area contributed by atoms with E-state index in [1.54, 1.807) is 7.11 Å².